The highest BCUT2D eigenvalue weighted by molar-refractivity contribution is 5.93. The minimum absolute atomic E-state index is 0.00364. The largest absolute Gasteiger partial charge is 0.486 e. The van der Waals surface area contributed by atoms with Crippen molar-refractivity contribution in [3.05, 3.63) is 58.0 Å². The lowest BCUT2D eigenvalue weighted by Gasteiger charge is -2.24. The number of rotatable bonds is 7. The molecule has 0 aliphatic carbocycles. The molecule has 1 aliphatic rings. The predicted molar refractivity (Wildman–Crippen MR) is 96.1 cm³/mol. The van der Waals surface area contributed by atoms with Gasteiger partial charge in [-0.15, -0.1) is 0 Å². The number of aromatic nitrogens is 2. The molecule has 27 heavy (non-hydrogen) atoms. The summed E-state index contributed by atoms with van der Waals surface area (Å²) in [5, 5.41) is 0. The monoisotopic (exact) mass is 375 g/mol. The highest BCUT2D eigenvalue weighted by Gasteiger charge is 2.30. The Morgan fingerprint density at radius 2 is 2.15 bits per heavy atom. The number of nitrogens with one attached hydrogen (secondary N) is 1. The van der Waals surface area contributed by atoms with Gasteiger partial charge in [-0.2, -0.15) is 0 Å². The number of nitrogens with zero attached hydrogens (tertiary/aromatic N) is 2. The fourth-order valence-electron chi connectivity index (χ4n) is 3.02. The molecule has 1 unspecified atom stereocenters. The van der Waals surface area contributed by atoms with Gasteiger partial charge in [0.2, 0.25) is 0 Å². The van der Waals surface area contributed by atoms with Crippen LogP contribution in [0.4, 0.5) is 4.39 Å². The molecule has 1 aromatic carbocycles. The number of hydrogen-bond donors (Lipinski definition) is 1. The molecule has 1 aliphatic heterocycles. The third kappa shape index (κ3) is 4.71. The first kappa shape index (κ1) is 19.0. The van der Waals surface area contributed by atoms with E-state index in [-0.39, 0.29) is 35.8 Å². The summed E-state index contributed by atoms with van der Waals surface area (Å²) in [6, 6.07) is 5.51. The third-order valence-corrected chi connectivity index (χ3v) is 4.42. The van der Waals surface area contributed by atoms with Gasteiger partial charge in [-0.25, -0.2) is 9.37 Å². The number of carbonyl (C=O) groups is 1. The van der Waals surface area contributed by atoms with Gasteiger partial charge in [-0.1, -0.05) is 0 Å². The molecule has 0 radical (unpaired) electrons. The van der Waals surface area contributed by atoms with Crippen LogP contribution < -0.4 is 10.3 Å². The fraction of sp³-hybridized carbons (Fsp3) is 0.421. The normalized spacial score (nSPS) is 16.5. The second kappa shape index (κ2) is 8.77. The van der Waals surface area contributed by atoms with Gasteiger partial charge in [0.1, 0.15) is 29.6 Å². The summed E-state index contributed by atoms with van der Waals surface area (Å²) < 4.78 is 23.8. The fourth-order valence-corrected chi connectivity index (χ4v) is 3.02. The Hall–Kier alpha value is -2.74. The van der Waals surface area contributed by atoms with Gasteiger partial charge in [0.15, 0.2) is 0 Å². The lowest BCUT2D eigenvalue weighted by Crippen LogP contribution is -2.40. The lowest BCUT2D eigenvalue weighted by atomic mass is 10.2. The first-order valence-electron chi connectivity index (χ1n) is 8.93. The number of benzene rings is 1. The molecule has 1 N–H and O–H groups in total. The van der Waals surface area contributed by atoms with Crippen LogP contribution in [0.2, 0.25) is 0 Å². The van der Waals surface area contributed by atoms with Crippen molar-refractivity contribution >= 4 is 5.91 Å². The molecule has 1 atom stereocenters. The number of halogens is 1. The Morgan fingerprint density at radius 1 is 1.37 bits per heavy atom. The Labute approximate surface area is 156 Å². The van der Waals surface area contributed by atoms with Crippen molar-refractivity contribution in [1.82, 2.24) is 14.9 Å². The number of amides is 1. The van der Waals surface area contributed by atoms with E-state index in [9.17, 15) is 14.0 Å². The molecule has 3 rings (SSSR count). The maximum Gasteiger partial charge on any atom is 0.263 e. The zero-order chi connectivity index (χ0) is 19.2. The molecule has 0 saturated carbocycles. The summed E-state index contributed by atoms with van der Waals surface area (Å²) >= 11 is 0. The number of carbonyl (C=O) groups excluding carboxylic acids is 1. The molecule has 2 heterocycles. The van der Waals surface area contributed by atoms with Crippen LogP contribution in [0.15, 0.2) is 35.3 Å². The summed E-state index contributed by atoms with van der Waals surface area (Å²) in [5.74, 6) is 0.0430. The van der Waals surface area contributed by atoms with Gasteiger partial charge in [-0.3, -0.25) is 9.59 Å². The van der Waals surface area contributed by atoms with E-state index in [1.165, 1.54) is 30.5 Å². The summed E-state index contributed by atoms with van der Waals surface area (Å²) in [5.41, 5.74) is -0.501. The molecule has 2 aromatic rings. The maximum absolute atomic E-state index is 12.9. The second-order valence-corrected chi connectivity index (χ2v) is 6.27. The average molecular weight is 375 g/mol. The van der Waals surface area contributed by atoms with Gasteiger partial charge in [-0.05, 0) is 44.0 Å². The second-order valence-electron chi connectivity index (χ2n) is 6.27. The molecular formula is C19H22FN3O4. The zero-order valence-corrected chi connectivity index (χ0v) is 15.1. The van der Waals surface area contributed by atoms with E-state index in [0.29, 0.717) is 25.5 Å². The number of hydrogen-bond acceptors (Lipinski definition) is 5. The average Bonchev–Trinajstić information content (AvgIpc) is 3.14. The third-order valence-electron chi connectivity index (χ3n) is 4.42. The molecule has 1 fully saturated rings. The molecule has 0 spiro atoms. The standard InChI is InChI=1S/C19H22FN3O4/c1-2-26-11-14-4-3-9-23(14)19(25)16-10-21-17(22-18(16)24)12-27-15-7-5-13(20)6-8-15/h5-8,10,14H,2-4,9,11-12H2,1H3,(H,21,22,24). The van der Waals surface area contributed by atoms with E-state index in [1.54, 1.807) is 4.90 Å². The molecular weight excluding hydrogens is 353 g/mol. The number of aromatic amines is 1. The number of ether oxygens (including phenoxy) is 2. The first-order valence-corrected chi connectivity index (χ1v) is 8.93. The van der Waals surface area contributed by atoms with E-state index < -0.39 is 5.56 Å². The smallest absolute Gasteiger partial charge is 0.263 e. The summed E-state index contributed by atoms with van der Waals surface area (Å²) in [7, 11) is 0. The van der Waals surface area contributed by atoms with Crippen LogP contribution in [-0.2, 0) is 11.3 Å². The molecule has 0 bridgehead atoms. The molecule has 1 amide bonds. The molecule has 1 saturated heterocycles. The van der Waals surface area contributed by atoms with Gasteiger partial charge < -0.3 is 19.4 Å². The number of likely N-dealkylation sites (tertiary alicyclic amines) is 1. The van der Waals surface area contributed by atoms with Crippen molar-refractivity contribution in [3.63, 3.8) is 0 Å². The molecule has 7 nitrogen and oxygen atoms in total. The van der Waals surface area contributed by atoms with Gasteiger partial charge in [0, 0.05) is 19.3 Å². The van der Waals surface area contributed by atoms with Crippen molar-refractivity contribution in [2.24, 2.45) is 0 Å². The van der Waals surface area contributed by atoms with Crippen LogP contribution >= 0.6 is 0 Å². The number of H-pyrrole nitrogens is 1. The van der Waals surface area contributed by atoms with E-state index >= 15 is 0 Å². The Bertz CT molecular complexity index is 838. The van der Waals surface area contributed by atoms with E-state index in [0.717, 1.165) is 12.8 Å². The highest BCUT2D eigenvalue weighted by Crippen LogP contribution is 2.19. The lowest BCUT2D eigenvalue weighted by molar-refractivity contribution is 0.0562. The van der Waals surface area contributed by atoms with Crippen molar-refractivity contribution in [2.75, 3.05) is 19.8 Å². The quantitative estimate of drug-likeness (QED) is 0.801. The van der Waals surface area contributed by atoms with Crippen LogP contribution in [0.5, 0.6) is 5.75 Å². The molecule has 8 heteroatoms. The summed E-state index contributed by atoms with van der Waals surface area (Å²) in [6.07, 6.45) is 3.03. The van der Waals surface area contributed by atoms with Gasteiger partial charge >= 0.3 is 0 Å². The highest BCUT2D eigenvalue weighted by atomic mass is 19.1. The van der Waals surface area contributed by atoms with Crippen LogP contribution in [0, 0.1) is 5.82 Å². The Balaban J connectivity index is 1.66. The van der Waals surface area contributed by atoms with Crippen LogP contribution in [-0.4, -0.2) is 46.6 Å². The first-order chi connectivity index (χ1) is 13.1. The van der Waals surface area contributed by atoms with Crippen LogP contribution in [0.25, 0.3) is 0 Å². The Kier molecular flexibility index (Phi) is 6.18. The zero-order valence-electron chi connectivity index (χ0n) is 15.1. The molecule has 144 valence electrons. The van der Waals surface area contributed by atoms with E-state index in [4.69, 9.17) is 9.47 Å². The van der Waals surface area contributed by atoms with E-state index in [2.05, 4.69) is 9.97 Å². The molecule has 1 aromatic heterocycles. The minimum atomic E-state index is -0.505. The van der Waals surface area contributed by atoms with E-state index in [1.807, 2.05) is 6.92 Å². The van der Waals surface area contributed by atoms with Crippen LogP contribution in [0.3, 0.4) is 0 Å². The maximum atomic E-state index is 12.9. The van der Waals surface area contributed by atoms with Gasteiger partial charge in [0.25, 0.3) is 11.5 Å². The summed E-state index contributed by atoms with van der Waals surface area (Å²) in [4.78, 5) is 33.4. The topological polar surface area (TPSA) is 84.5 Å². The van der Waals surface area contributed by atoms with Crippen LogP contribution in [0.1, 0.15) is 35.9 Å². The van der Waals surface area contributed by atoms with Crippen molar-refractivity contribution in [3.8, 4) is 5.75 Å². The van der Waals surface area contributed by atoms with Gasteiger partial charge in [0.05, 0.1) is 12.6 Å². The SMILES string of the molecule is CCOCC1CCCN1C(=O)c1cnc(COc2ccc(F)cc2)[nH]c1=O. The Morgan fingerprint density at radius 3 is 2.85 bits per heavy atom. The van der Waals surface area contributed by atoms with Crippen molar-refractivity contribution in [2.45, 2.75) is 32.4 Å². The predicted octanol–water partition coefficient (Wildman–Crippen LogP) is 2.13. The minimum Gasteiger partial charge on any atom is -0.486 e. The van der Waals surface area contributed by atoms with Crippen molar-refractivity contribution in [1.29, 1.82) is 0 Å². The van der Waals surface area contributed by atoms with Crippen molar-refractivity contribution < 1.29 is 18.7 Å². The summed E-state index contributed by atoms with van der Waals surface area (Å²) in [6.45, 7) is 3.57.